The molecule has 2 rings (SSSR count). The smallest absolute Gasteiger partial charge is 0.136 e. The first-order valence-electron chi connectivity index (χ1n) is 7.33. The van der Waals surface area contributed by atoms with E-state index in [2.05, 4.69) is 29.5 Å². The largest absolute Gasteiger partial charge is 0.368 e. The molecule has 0 bridgehead atoms. The van der Waals surface area contributed by atoms with E-state index in [0.717, 1.165) is 23.4 Å². The van der Waals surface area contributed by atoms with E-state index >= 15 is 0 Å². The van der Waals surface area contributed by atoms with Crippen LogP contribution in [0.2, 0.25) is 0 Å². The molecule has 0 N–H and O–H groups in total. The van der Waals surface area contributed by atoms with Crippen LogP contribution in [-0.4, -0.2) is 15.2 Å². The Balaban J connectivity index is 2.44. The van der Waals surface area contributed by atoms with Crippen LogP contribution in [0, 0.1) is 17.2 Å². The lowest BCUT2D eigenvalue weighted by Gasteiger charge is -2.20. The Bertz CT molecular complexity index is 672. The summed E-state index contributed by atoms with van der Waals surface area (Å²) in [6, 6.07) is 7.82. The molecule has 0 aliphatic rings. The van der Waals surface area contributed by atoms with E-state index in [1.807, 2.05) is 39.0 Å². The molecule has 0 saturated carbocycles. The highest BCUT2D eigenvalue weighted by Gasteiger charge is 2.16. The molecule has 0 aliphatic carbocycles. The summed E-state index contributed by atoms with van der Waals surface area (Å²) in [5.41, 5.74) is 2.37. The predicted octanol–water partition coefficient (Wildman–Crippen LogP) is 3.88. The van der Waals surface area contributed by atoms with Gasteiger partial charge < -0.3 is 9.30 Å². The van der Waals surface area contributed by atoms with Crippen molar-refractivity contribution in [2.45, 2.75) is 53.4 Å². The first-order chi connectivity index (χ1) is 9.80. The van der Waals surface area contributed by atoms with Crippen molar-refractivity contribution in [2.24, 2.45) is 5.92 Å². The fourth-order valence-electron chi connectivity index (χ4n) is 2.21. The molecule has 0 radical (unpaired) electrons. The van der Waals surface area contributed by atoms with Gasteiger partial charge in [-0.1, -0.05) is 13.8 Å². The van der Waals surface area contributed by atoms with Gasteiger partial charge in [0.15, 0.2) is 0 Å². The summed E-state index contributed by atoms with van der Waals surface area (Å²) in [5, 5.41) is 9.02. The third kappa shape index (κ3) is 3.83. The molecule has 112 valence electrons. The summed E-state index contributed by atoms with van der Waals surface area (Å²) in [6.07, 6.45) is 0. The minimum atomic E-state index is -0.196. The third-order valence-electron chi connectivity index (χ3n) is 3.14. The third-order valence-corrected chi connectivity index (χ3v) is 3.14. The maximum Gasteiger partial charge on any atom is 0.136 e. The summed E-state index contributed by atoms with van der Waals surface area (Å²) in [6.45, 7) is 11.9. The van der Waals surface area contributed by atoms with E-state index in [1.165, 1.54) is 0 Å². The Morgan fingerprint density at radius 3 is 2.62 bits per heavy atom. The molecule has 1 heterocycles. The zero-order valence-corrected chi connectivity index (χ0v) is 13.5. The monoisotopic (exact) mass is 285 g/mol. The molecule has 0 aliphatic heterocycles. The molecule has 0 spiro atoms. The van der Waals surface area contributed by atoms with E-state index in [0.29, 0.717) is 18.1 Å². The zero-order valence-electron chi connectivity index (χ0n) is 13.5. The first-order valence-corrected chi connectivity index (χ1v) is 7.33. The number of hydrogen-bond acceptors (Lipinski definition) is 3. The fraction of sp³-hybridized carbons (Fsp3) is 0.529. The molecule has 4 heteroatoms. The van der Waals surface area contributed by atoms with E-state index in [4.69, 9.17) is 10.00 Å². The van der Waals surface area contributed by atoms with Gasteiger partial charge in [0.2, 0.25) is 0 Å². The first kappa shape index (κ1) is 15.5. The van der Waals surface area contributed by atoms with Crippen molar-refractivity contribution in [2.75, 3.05) is 0 Å². The van der Waals surface area contributed by atoms with Crippen LogP contribution in [-0.2, 0) is 17.9 Å². The summed E-state index contributed by atoms with van der Waals surface area (Å²) in [7, 11) is 0. The Labute approximate surface area is 126 Å². The molecule has 0 amide bonds. The van der Waals surface area contributed by atoms with Crippen molar-refractivity contribution in [3.8, 4) is 6.07 Å². The number of imidazole rings is 1. The summed E-state index contributed by atoms with van der Waals surface area (Å²) in [5.74, 6) is 1.44. The zero-order chi connectivity index (χ0) is 15.6. The van der Waals surface area contributed by atoms with Gasteiger partial charge in [-0.05, 0) is 44.9 Å². The van der Waals surface area contributed by atoms with Gasteiger partial charge in [0.1, 0.15) is 12.4 Å². The van der Waals surface area contributed by atoms with E-state index in [1.54, 1.807) is 0 Å². The summed E-state index contributed by atoms with van der Waals surface area (Å²) in [4.78, 5) is 4.66. The fourth-order valence-corrected chi connectivity index (χ4v) is 2.21. The summed E-state index contributed by atoms with van der Waals surface area (Å²) < 4.78 is 8.08. The second-order valence-electron chi connectivity index (χ2n) is 6.75. The molecule has 1 aromatic carbocycles. The average Bonchev–Trinajstić information content (AvgIpc) is 2.72. The molecule has 2 aromatic rings. The van der Waals surface area contributed by atoms with Gasteiger partial charge >= 0.3 is 0 Å². The number of fused-ring (bicyclic) bond motifs is 1. The number of aromatic nitrogens is 2. The van der Waals surface area contributed by atoms with Gasteiger partial charge in [0.25, 0.3) is 0 Å². The average molecular weight is 285 g/mol. The highest BCUT2D eigenvalue weighted by Crippen LogP contribution is 2.21. The topological polar surface area (TPSA) is 50.8 Å². The van der Waals surface area contributed by atoms with Crippen LogP contribution in [0.1, 0.15) is 46.0 Å². The van der Waals surface area contributed by atoms with Gasteiger partial charge in [-0.15, -0.1) is 0 Å². The van der Waals surface area contributed by atoms with Crippen LogP contribution in [0.25, 0.3) is 11.0 Å². The Morgan fingerprint density at radius 2 is 2.05 bits per heavy atom. The van der Waals surface area contributed by atoms with Crippen molar-refractivity contribution in [1.29, 1.82) is 5.26 Å². The van der Waals surface area contributed by atoms with Crippen LogP contribution in [0.15, 0.2) is 18.2 Å². The van der Waals surface area contributed by atoms with E-state index in [-0.39, 0.29) is 5.60 Å². The van der Waals surface area contributed by atoms with Crippen molar-refractivity contribution in [3.63, 3.8) is 0 Å². The molecular formula is C17H23N3O. The molecule has 21 heavy (non-hydrogen) atoms. The number of benzene rings is 1. The minimum Gasteiger partial charge on any atom is -0.368 e. The Hall–Kier alpha value is -1.86. The Morgan fingerprint density at radius 1 is 1.33 bits per heavy atom. The number of hydrogen-bond donors (Lipinski definition) is 0. The normalized spacial score (nSPS) is 12.0. The highest BCUT2D eigenvalue weighted by atomic mass is 16.5. The lowest BCUT2D eigenvalue weighted by Crippen LogP contribution is -2.20. The lowest BCUT2D eigenvalue weighted by molar-refractivity contribution is -0.0192. The molecule has 0 fully saturated rings. The van der Waals surface area contributed by atoms with Crippen LogP contribution < -0.4 is 0 Å². The molecular weight excluding hydrogens is 262 g/mol. The van der Waals surface area contributed by atoms with Crippen molar-refractivity contribution in [3.05, 3.63) is 29.6 Å². The lowest BCUT2D eigenvalue weighted by atomic mass is 10.2. The second-order valence-corrected chi connectivity index (χ2v) is 6.75. The molecule has 1 aromatic heterocycles. The number of ether oxygens (including phenoxy) is 1. The van der Waals surface area contributed by atoms with Gasteiger partial charge in [-0.2, -0.15) is 5.26 Å². The maximum atomic E-state index is 9.02. The van der Waals surface area contributed by atoms with Crippen LogP contribution in [0.4, 0.5) is 0 Å². The molecule has 0 saturated heterocycles. The van der Waals surface area contributed by atoms with Crippen molar-refractivity contribution < 1.29 is 4.74 Å². The second kappa shape index (κ2) is 5.87. The van der Waals surface area contributed by atoms with Crippen LogP contribution in [0.5, 0.6) is 0 Å². The van der Waals surface area contributed by atoms with Gasteiger partial charge in [-0.25, -0.2) is 4.98 Å². The van der Waals surface area contributed by atoms with Crippen molar-refractivity contribution >= 4 is 11.0 Å². The standard InChI is InChI=1S/C17H23N3O/c1-12(2)10-20-15-7-6-13(9-18)8-14(15)19-16(20)11-21-17(3,4)5/h6-8,12H,10-11H2,1-5H3. The van der Waals surface area contributed by atoms with Crippen LogP contribution >= 0.6 is 0 Å². The Kier molecular flexibility index (Phi) is 4.34. The van der Waals surface area contributed by atoms with Gasteiger partial charge in [0, 0.05) is 6.54 Å². The molecule has 0 unspecified atom stereocenters. The molecule has 0 atom stereocenters. The highest BCUT2D eigenvalue weighted by molar-refractivity contribution is 5.77. The predicted molar refractivity (Wildman–Crippen MR) is 83.8 cm³/mol. The maximum absolute atomic E-state index is 9.02. The van der Waals surface area contributed by atoms with Gasteiger partial charge in [-0.3, -0.25) is 0 Å². The minimum absolute atomic E-state index is 0.196. The van der Waals surface area contributed by atoms with Gasteiger partial charge in [0.05, 0.1) is 28.3 Å². The van der Waals surface area contributed by atoms with E-state index in [9.17, 15) is 0 Å². The van der Waals surface area contributed by atoms with E-state index < -0.39 is 0 Å². The number of rotatable bonds is 4. The quantitative estimate of drug-likeness (QED) is 0.856. The SMILES string of the molecule is CC(C)Cn1c(COC(C)(C)C)nc2cc(C#N)ccc21. The van der Waals surface area contributed by atoms with Crippen LogP contribution in [0.3, 0.4) is 0 Å². The molecule has 4 nitrogen and oxygen atoms in total. The summed E-state index contributed by atoms with van der Waals surface area (Å²) >= 11 is 0. The number of nitrogens with zero attached hydrogens (tertiary/aromatic N) is 3. The van der Waals surface area contributed by atoms with Crippen molar-refractivity contribution in [1.82, 2.24) is 9.55 Å². The number of nitriles is 1.